The van der Waals surface area contributed by atoms with E-state index in [-0.39, 0.29) is 22.3 Å². The standard InChI is InChI=1S/C34H62N6O3/c1-31(2,3)41-23-9-14-38-22-25-43-34(28-38)12-15-40(16-13-34)33(7,8)11-10-29-26-35-30(36-27-29)39-19-17-37(18-20-39)21-24-42-32(4,5)6/h26-27H,9-25,28H2,1-8H3. The van der Waals surface area contributed by atoms with Crippen LogP contribution < -0.4 is 4.90 Å². The minimum Gasteiger partial charge on any atom is -0.376 e. The highest BCUT2D eigenvalue weighted by atomic mass is 16.5. The van der Waals surface area contributed by atoms with E-state index < -0.39 is 0 Å². The second-order valence-electron chi connectivity index (χ2n) is 15.6. The number of piperazine rings is 1. The van der Waals surface area contributed by atoms with Gasteiger partial charge >= 0.3 is 0 Å². The largest absolute Gasteiger partial charge is 0.376 e. The molecule has 9 nitrogen and oxygen atoms in total. The Morgan fingerprint density at radius 2 is 1.40 bits per heavy atom. The van der Waals surface area contributed by atoms with E-state index in [0.29, 0.717) is 0 Å². The summed E-state index contributed by atoms with van der Waals surface area (Å²) in [5, 5.41) is 0. The van der Waals surface area contributed by atoms with Crippen LogP contribution in [0.5, 0.6) is 0 Å². The third kappa shape index (κ3) is 11.2. The van der Waals surface area contributed by atoms with Crippen molar-refractivity contribution in [1.29, 1.82) is 0 Å². The number of hydrogen-bond donors (Lipinski definition) is 0. The average Bonchev–Trinajstić information content (AvgIpc) is 2.94. The van der Waals surface area contributed by atoms with Gasteiger partial charge in [0.2, 0.25) is 5.95 Å². The molecule has 3 fully saturated rings. The number of likely N-dealkylation sites (tertiary alicyclic amines) is 1. The molecule has 3 aliphatic heterocycles. The summed E-state index contributed by atoms with van der Waals surface area (Å²) < 4.78 is 18.3. The van der Waals surface area contributed by atoms with Crippen molar-refractivity contribution in [2.45, 2.75) is 110 Å². The molecule has 0 radical (unpaired) electrons. The van der Waals surface area contributed by atoms with Crippen LogP contribution in [0.3, 0.4) is 0 Å². The van der Waals surface area contributed by atoms with Gasteiger partial charge < -0.3 is 19.1 Å². The van der Waals surface area contributed by atoms with Gasteiger partial charge in [0.05, 0.1) is 30.0 Å². The van der Waals surface area contributed by atoms with E-state index >= 15 is 0 Å². The van der Waals surface area contributed by atoms with Crippen LogP contribution in [-0.2, 0) is 20.6 Å². The van der Waals surface area contributed by atoms with Gasteiger partial charge in [-0.3, -0.25) is 14.7 Å². The Kier molecular flexibility index (Phi) is 11.9. The molecule has 4 rings (SSSR count). The number of nitrogens with zero attached hydrogens (tertiary/aromatic N) is 6. The summed E-state index contributed by atoms with van der Waals surface area (Å²) in [6, 6.07) is 0. The molecular weight excluding hydrogens is 540 g/mol. The van der Waals surface area contributed by atoms with Crippen molar-refractivity contribution in [3.63, 3.8) is 0 Å². The Bertz CT molecular complexity index is 958. The molecule has 246 valence electrons. The van der Waals surface area contributed by atoms with Gasteiger partial charge in [0.25, 0.3) is 0 Å². The van der Waals surface area contributed by atoms with Gasteiger partial charge in [0.1, 0.15) is 0 Å². The van der Waals surface area contributed by atoms with Crippen LogP contribution >= 0.6 is 0 Å². The Hall–Kier alpha value is -1.36. The fraction of sp³-hybridized carbons (Fsp3) is 0.882. The zero-order valence-electron chi connectivity index (χ0n) is 28.8. The third-order valence-corrected chi connectivity index (χ3v) is 9.33. The zero-order chi connectivity index (χ0) is 31.1. The van der Waals surface area contributed by atoms with Gasteiger partial charge in [0.15, 0.2) is 0 Å². The molecule has 9 heteroatoms. The molecule has 3 aliphatic rings. The second kappa shape index (κ2) is 14.8. The van der Waals surface area contributed by atoms with E-state index in [4.69, 9.17) is 24.2 Å². The van der Waals surface area contributed by atoms with E-state index in [1.165, 1.54) is 5.56 Å². The Morgan fingerprint density at radius 3 is 2.02 bits per heavy atom. The van der Waals surface area contributed by atoms with Crippen molar-refractivity contribution >= 4 is 5.95 Å². The molecule has 0 saturated carbocycles. The Labute approximate surface area is 262 Å². The number of rotatable bonds is 12. The first-order valence-corrected chi connectivity index (χ1v) is 16.9. The highest BCUT2D eigenvalue weighted by molar-refractivity contribution is 5.30. The Morgan fingerprint density at radius 1 is 0.767 bits per heavy atom. The minimum atomic E-state index is -0.0716. The first kappa shape index (κ1) is 34.5. The molecule has 0 aliphatic carbocycles. The number of anilines is 1. The van der Waals surface area contributed by atoms with Crippen LogP contribution in [0, 0.1) is 0 Å². The first-order chi connectivity index (χ1) is 20.2. The SMILES string of the molecule is CC(C)(C)OCCCN1CCOC2(CCN(C(C)(C)CCc3cnc(N4CCN(CCOC(C)(C)C)CC4)nc3)CC2)C1. The summed E-state index contributed by atoms with van der Waals surface area (Å²) in [5.74, 6) is 0.859. The van der Waals surface area contributed by atoms with E-state index in [1.54, 1.807) is 0 Å². The van der Waals surface area contributed by atoms with E-state index in [0.717, 1.165) is 123 Å². The summed E-state index contributed by atoms with van der Waals surface area (Å²) in [4.78, 5) is 19.6. The van der Waals surface area contributed by atoms with Crippen LogP contribution in [0.1, 0.15) is 86.6 Å². The van der Waals surface area contributed by atoms with Gasteiger partial charge in [-0.05, 0) is 93.1 Å². The minimum absolute atomic E-state index is 0.0189. The molecule has 1 spiro atoms. The molecule has 0 atom stereocenters. The van der Waals surface area contributed by atoms with E-state index in [1.807, 2.05) is 12.4 Å². The molecule has 1 aromatic rings. The van der Waals surface area contributed by atoms with Gasteiger partial charge in [-0.25, -0.2) is 9.97 Å². The first-order valence-electron chi connectivity index (χ1n) is 16.9. The molecule has 0 bridgehead atoms. The Balaban J connectivity index is 1.16. The van der Waals surface area contributed by atoms with Crippen molar-refractivity contribution < 1.29 is 14.2 Å². The van der Waals surface area contributed by atoms with Crippen molar-refractivity contribution in [2.24, 2.45) is 0 Å². The van der Waals surface area contributed by atoms with Crippen LogP contribution in [0.15, 0.2) is 12.4 Å². The smallest absolute Gasteiger partial charge is 0.225 e. The van der Waals surface area contributed by atoms with Crippen molar-refractivity contribution in [3.8, 4) is 0 Å². The van der Waals surface area contributed by atoms with Crippen molar-refractivity contribution in [2.75, 3.05) is 90.2 Å². The van der Waals surface area contributed by atoms with Crippen LogP contribution in [0.4, 0.5) is 5.95 Å². The van der Waals surface area contributed by atoms with Crippen LogP contribution in [-0.4, -0.2) is 132 Å². The number of aryl methyl sites for hydroxylation is 1. The van der Waals surface area contributed by atoms with Gasteiger partial charge in [-0.15, -0.1) is 0 Å². The molecule has 1 aromatic heterocycles. The molecule has 3 saturated heterocycles. The summed E-state index contributed by atoms with van der Waals surface area (Å²) in [6.45, 7) is 30.3. The summed E-state index contributed by atoms with van der Waals surface area (Å²) in [6.07, 6.45) is 9.49. The number of aromatic nitrogens is 2. The van der Waals surface area contributed by atoms with E-state index in [9.17, 15) is 0 Å². The normalized spacial score (nSPS) is 21.5. The lowest BCUT2D eigenvalue weighted by Crippen LogP contribution is -2.59. The molecule has 0 aromatic carbocycles. The molecular formula is C34H62N6O3. The lowest BCUT2D eigenvalue weighted by atomic mass is 9.85. The molecule has 4 heterocycles. The maximum Gasteiger partial charge on any atom is 0.225 e. The molecule has 0 amide bonds. The lowest BCUT2D eigenvalue weighted by Gasteiger charge is -2.51. The number of piperidine rings is 1. The summed E-state index contributed by atoms with van der Waals surface area (Å²) in [5.41, 5.74) is 1.25. The molecule has 0 N–H and O–H groups in total. The predicted octanol–water partition coefficient (Wildman–Crippen LogP) is 4.50. The topological polar surface area (TPSA) is 66.4 Å². The van der Waals surface area contributed by atoms with Gasteiger partial charge in [0, 0.05) is 90.0 Å². The summed E-state index contributed by atoms with van der Waals surface area (Å²) in [7, 11) is 0. The van der Waals surface area contributed by atoms with Crippen LogP contribution in [0.25, 0.3) is 0 Å². The summed E-state index contributed by atoms with van der Waals surface area (Å²) >= 11 is 0. The zero-order valence-corrected chi connectivity index (χ0v) is 28.8. The average molecular weight is 603 g/mol. The number of hydrogen-bond acceptors (Lipinski definition) is 9. The molecule has 43 heavy (non-hydrogen) atoms. The maximum absolute atomic E-state index is 6.46. The van der Waals surface area contributed by atoms with Crippen molar-refractivity contribution in [3.05, 3.63) is 18.0 Å². The number of morpholine rings is 1. The highest BCUT2D eigenvalue weighted by Gasteiger charge is 2.42. The fourth-order valence-electron chi connectivity index (χ4n) is 6.50. The highest BCUT2D eigenvalue weighted by Crippen LogP contribution is 2.34. The quantitative estimate of drug-likeness (QED) is 0.322. The fourth-order valence-corrected chi connectivity index (χ4v) is 6.50. The second-order valence-corrected chi connectivity index (χ2v) is 15.6. The predicted molar refractivity (Wildman–Crippen MR) is 175 cm³/mol. The third-order valence-electron chi connectivity index (χ3n) is 9.33. The van der Waals surface area contributed by atoms with E-state index in [2.05, 4.69) is 75.0 Å². The maximum atomic E-state index is 6.46. The monoisotopic (exact) mass is 602 g/mol. The van der Waals surface area contributed by atoms with Crippen LogP contribution in [0.2, 0.25) is 0 Å². The number of ether oxygens (including phenoxy) is 3. The van der Waals surface area contributed by atoms with Crippen molar-refractivity contribution in [1.82, 2.24) is 24.7 Å². The van der Waals surface area contributed by atoms with Gasteiger partial charge in [-0.2, -0.15) is 0 Å². The molecule has 0 unspecified atom stereocenters. The lowest BCUT2D eigenvalue weighted by molar-refractivity contribution is -0.144. The van der Waals surface area contributed by atoms with Gasteiger partial charge in [-0.1, -0.05) is 0 Å².